The van der Waals surface area contributed by atoms with Crippen LogP contribution in [0.1, 0.15) is 46.0 Å². The van der Waals surface area contributed by atoms with Crippen molar-refractivity contribution in [1.82, 2.24) is 5.32 Å². The maximum absolute atomic E-state index is 11.4. The molecule has 0 fully saturated rings. The molecule has 1 amide bonds. The Morgan fingerprint density at radius 2 is 2.07 bits per heavy atom. The van der Waals surface area contributed by atoms with Crippen LogP contribution in [-0.4, -0.2) is 19.0 Å². The van der Waals surface area contributed by atoms with Crippen LogP contribution in [0.4, 0.5) is 0 Å². The van der Waals surface area contributed by atoms with Crippen LogP contribution in [0.2, 0.25) is 0 Å². The van der Waals surface area contributed by atoms with E-state index < -0.39 is 0 Å². The molecule has 3 nitrogen and oxygen atoms in total. The van der Waals surface area contributed by atoms with Crippen LogP contribution in [0.25, 0.3) is 0 Å². The fourth-order valence-electron chi connectivity index (χ4n) is 1.33. The van der Waals surface area contributed by atoms with E-state index in [0.29, 0.717) is 18.9 Å². The Labute approximate surface area is 87.4 Å². The highest BCUT2D eigenvalue weighted by Crippen LogP contribution is 2.05. The van der Waals surface area contributed by atoms with E-state index in [1.54, 1.807) is 0 Å². The average Bonchev–Trinajstić information content (AvgIpc) is 2.21. The van der Waals surface area contributed by atoms with Crippen molar-refractivity contribution in [2.75, 3.05) is 13.1 Å². The van der Waals surface area contributed by atoms with Gasteiger partial charge in [0.25, 0.3) is 0 Å². The molecule has 0 aromatic rings. The Bertz CT molecular complexity index is 144. The van der Waals surface area contributed by atoms with E-state index in [0.717, 1.165) is 19.4 Å². The zero-order valence-electron chi connectivity index (χ0n) is 9.51. The summed E-state index contributed by atoms with van der Waals surface area (Å²) in [6.07, 6.45) is 5.03. The molecule has 1 atom stereocenters. The Morgan fingerprint density at radius 3 is 2.57 bits per heavy atom. The number of carbonyl (C=O) groups is 1. The monoisotopic (exact) mass is 200 g/mol. The van der Waals surface area contributed by atoms with Crippen LogP contribution < -0.4 is 11.1 Å². The average molecular weight is 200 g/mol. The zero-order chi connectivity index (χ0) is 10.8. The summed E-state index contributed by atoms with van der Waals surface area (Å²) in [6.45, 7) is 5.65. The number of unbranched alkanes of at least 4 members (excludes halogenated alkanes) is 2. The van der Waals surface area contributed by atoms with Gasteiger partial charge < -0.3 is 11.1 Å². The number of carbonyl (C=O) groups excluding carboxylic acids is 1. The summed E-state index contributed by atoms with van der Waals surface area (Å²) >= 11 is 0. The lowest BCUT2D eigenvalue weighted by Gasteiger charge is -2.11. The van der Waals surface area contributed by atoms with Crippen LogP contribution >= 0.6 is 0 Å². The van der Waals surface area contributed by atoms with E-state index in [1.807, 2.05) is 0 Å². The van der Waals surface area contributed by atoms with Gasteiger partial charge in [0.1, 0.15) is 0 Å². The Kier molecular flexibility index (Phi) is 8.64. The first-order valence-electron chi connectivity index (χ1n) is 5.71. The van der Waals surface area contributed by atoms with Gasteiger partial charge in [-0.05, 0) is 18.9 Å². The van der Waals surface area contributed by atoms with Gasteiger partial charge in [0, 0.05) is 13.0 Å². The largest absolute Gasteiger partial charge is 0.356 e. The third kappa shape index (κ3) is 6.89. The second-order valence-electron chi connectivity index (χ2n) is 3.77. The van der Waals surface area contributed by atoms with Crippen molar-refractivity contribution in [3.8, 4) is 0 Å². The molecule has 0 rings (SSSR count). The van der Waals surface area contributed by atoms with Crippen molar-refractivity contribution in [1.29, 1.82) is 0 Å². The molecular weight excluding hydrogens is 176 g/mol. The number of hydrogen-bond acceptors (Lipinski definition) is 2. The molecule has 0 aromatic heterocycles. The van der Waals surface area contributed by atoms with E-state index >= 15 is 0 Å². The van der Waals surface area contributed by atoms with Gasteiger partial charge in [-0.15, -0.1) is 0 Å². The minimum atomic E-state index is 0.151. The summed E-state index contributed by atoms with van der Waals surface area (Å²) in [7, 11) is 0. The van der Waals surface area contributed by atoms with Crippen LogP contribution in [-0.2, 0) is 4.79 Å². The Balaban J connectivity index is 3.44. The van der Waals surface area contributed by atoms with Gasteiger partial charge in [0.2, 0.25) is 5.91 Å². The number of amides is 1. The van der Waals surface area contributed by atoms with Crippen molar-refractivity contribution >= 4 is 5.91 Å². The van der Waals surface area contributed by atoms with Gasteiger partial charge in [-0.2, -0.15) is 0 Å². The maximum Gasteiger partial charge on any atom is 0.220 e. The lowest BCUT2D eigenvalue weighted by Crippen LogP contribution is -2.28. The van der Waals surface area contributed by atoms with Crippen LogP contribution in [0, 0.1) is 5.92 Å². The highest BCUT2D eigenvalue weighted by atomic mass is 16.1. The summed E-state index contributed by atoms with van der Waals surface area (Å²) in [5, 5.41) is 2.92. The van der Waals surface area contributed by atoms with E-state index in [9.17, 15) is 4.79 Å². The maximum atomic E-state index is 11.4. The zero-order valence-corrected chi connectivity index (χ0v) is 9.51. The van der Waals surface area contributed by atoms with E-state index in [1.165, 1.54) is 12.8 Å². The standard InChI is InChI=1S/C11H24N2O/c1-3-5-6-7-13-11(14)8-10(4-2)9-12/h10H,3-9,12H2,1-2H3,(H,13,14). The fourth-order valence-corrected chi connectivity index (χ4v) is 1.33. The van der Waals surface area contributed by atoms with Gasteiger partial charge in [0.15, 0.2) is 0 Å². The van der Waals surface area contributed by atoms with Gasteiger partial charge in [0.05, 0.1) is 0 Å². The summed E-state index contributed by atoms with van der Waals surface area (Å²) in [5.74, 6) is 0.500. The molecule has 0 spiro atoms. The molecule has 0 aliphatic rings. The van der Waals surface area contributed by atoms with Crippen molar-refractivity contribution in [3.05, 3.63) is 0 Å². The van der Waals surface area contributed by atoms with E-state index in [2.05, 4.69) is 19.2 Å². The first kappa shape index (κ1) is 13.4. The van der Waals surface area contributed by atoms with E-state index in [-0.39, 0.29) is 5.91 Å². The van der Waals surface area contributed by atoms with Gasteiger partial charge in [-0.1, -0.05) is 33.1 Å². The Morgan fingerprint density at radius 1 is 1.36 bits per heavy atom. The van der Waals surface area contributed by atoms with Crippen LogP contribution in [0.5, 0.6) is 0 Å². The predicted molar refractivity (Wildman–Crippen MR) is 60.0 cm³/mol. The third-order valence-corrected chi connectivity index (χ3v) is 2.49. The van der Waals surface area contributed by atoms with E-state index in [4.69, 9.17) is 5.73 Å². The van der Waals surface area contributed by atoms with Crippen LogP contribution in [0.3, 0.4) is 0 Å². The highest BCUT2D eigenvalue weighted by molar-refractivity contribution is 5.76. The molecule has 84 valence electrons. The molecule has 0 aromatic carbocycles. The van der Waals surface area contributed by atoms with Crippen molar-refractivity contribution in [2.24, 2.45) is 11.7 Å². The minimum absolute atomic E-state index is 0.151. The van der Waals surface area contributed by atoms with Crippen molar-refractivity contribution < 1.29 is 4.79 Å². The molecule has 0 radical (unpaired) electrons. The topological polar surface area (TPSA) is 55.1 Å². The molecule has 0 saturated heterocycles. The lowest BCUT2D eigenvalue weighted by molar-refractivity contribution is -0.122. The molecule has 0 aliphatic heterocycles. The van der Waals surface area contributed by atoms with Crippen molar-refractivity contribution in [3.63, 3.8) is 0 Å². The van der Waals surface area contributed by atoms with Gasteiger partial charge in [-0.3, -0.25) is 4.79 Å². The third-order valence-electron chi connectivity index (χ3n) is 2.49. The predicted octanol–water partition coefficient (Wildman–Crippen LogP) is 1.67. The summed E-state index contributed by atoms with van der Waals surface area (Å²) in [5.41, 5.74) is 5.53. The summed E-state index contributed by atoms with van der Waals surface area (Å²) in [6, 6.07) is 0. The second-order valence-corrected chi connectivity index (χ2v) is 3.77. The number of hydrogen-bond donors (Lipinski definition) is 2. The number of rotatable bonds is 8. The molecule has 3 N–H and O–H groups in total. The Hall–Kier alpha value is -0.570. The fraction of sp³-hybridized carbons (Fsp3) is 0.909. The lowest BCUT2D eigenvalue weighted by atomic mass is 10.0. The van der Waals surface area contributed by atoms with Gasteiger partial charge in [-0.25, -0.2) is 0 Å². The van der Waals surface area contributed by atoms with Crippen LogP contribution in [0.15, 0.2) is 0 Å². The number of nitrogens with one attached hydrogen (secondary N) is 1. The van der Waals surface area contributed by atoms with Gasteiger partial charge >= 0.3 is 0 Å². The smallest absolute Gasteiger partial charge is 0.220 e. The first-order valence-corrected chi connectivity index (χ1v) is 5.71. The molecule has 0 heterocycles. The molecule has 14 heavy (non-hydrogen) atoms. The normalized spacial score (nSPS) is 12.5. The summed E-state index contributed by atoms with van der Waals surface area (Å²) in [4.78, 5) is 11.4. The number of nitrogens with two attached hydrogens (primary N) is 1. The molecule has 0 bridgehead atoms. The minimum Gasteiger partial charge on any atom is -0.356 e. The molecule has 0 saturated carbocycles. The quantitative estimate of drug-likeness (QED) is 0.586. The summed E-state index contributed by atoms with van der Waals surface area (Å²) < 4.78 is 0. The molecular formula is C11H24N2O. The SMILES string of the molecule is CCCCCNC(=O)CC(CC)CN. The van der Waals surface area contributed by atoms with Crippen molar-refractivity contribution in [2.45, 2.75) is 46.0 Å². The highest BCUT2D eigenvalue weighted by Gasteiger charge is 2.09. The second kappa shape index (κ2) is 9.00. The first-order chi connectivity index (χ1) is 6.74. The molecule has 0 aliphatic carbocycles. The molecule has 1 unspecified atom stereocenters. The molecule has 3 heteroatoms.